The van der Waals surface area contributed by atoms with Crippen LogP contribution >= 0.6 is 24.8 Å². The smallest absolute Gasteiger partial charge is 0.327 e. The van der Waals surface area contributed by atoms with E-state index in [0.29, 0.717) is 6.54 Å². The van der Waals surface area contributed by atoms with Gasteiger partial charge in [-0.05, 0) is 29.9 Å². The Morgan fingerprint density at radius 1 is 1.38 bits per heavy atom. The lowest BCUT2D eigenvalue weighted by atomic mass is 10.2. The highest BCUT2D eigenvalue weighted by molar-refractivity contribution is 7.89. The van der Waals surface area contributed by atoms with Crippen LogP contribution in [0.1, 0.15) is 5.56 Å². The van der Waals surface area contributed by atoms with Crippen LogP contribution in [0.2, 0.25) is 0 Å². The van der Waals surface area contributed by atoms with Crippen molar-refractivity contribution in [3.05, 3.63) is 29.8 Å². The Labute approximate surface area is 133 Å². The van der Waals surface area contributed by atoms with Crippen molar-refractivity contribution in [2.24, 2.45) is 5.14 Å². The number of benzene rings is 1. The number of aliphatic carboxylic acids is 1. The van der Waals surface area contributed by atoms with E-state index in [1.165, 1.54) is 12.1 Å². The van der Waals surface area contributed by atoms with Crippen molar-refractivity contribution in [1.29, 1.82) is 0 Å². The van der Waals surface area contributed by atoms with Gasteiger partial charge in [-0.3, -0.25) is 0 Å². The summed E-state index contributed by atoms with van der Waals surface area (Å²) in [4.78, 5) is 10.8. The molecule has 0 aliphatic rings. The van der Waals surface area contributed by atoms with Gasteiger partial charge < -0.3 is 15.7 Å². The molecule has 0 aliphatic heterocycles. The molecule has 0 aromatic heterocycles. The number of rotatable bonds is 6. The number of carboxylic acids is 1. The van der Waals surface area contributed by atoms with Crippen molar-refractivity contribution in [2.75, 3.05) is 5.75 Å². The van der Waals surface area contributed by atoms with Crippen LogP contribution in [0.25, 0.3) is 0 Å². The molecule has 5 N–H and O–H groups in total. The lowest BCUT2D eigenvalue weighted by Crippen LogP contribution is -2.46. The first-order chi connectivity index (χ1) is 9.74. The van der Waals surface area contributed by atoms with E-state index in [1.807, 2.05) is 0 Å². The molecular weight excluding hydrogens is 334 g/mol. The fraction of sp³-hybridized carbons (Fsp3) is 0.273. The van der Waals surface area contributed by atoms with Crippen LogP contribution < -0.4 is 15.8 Å². The second-order valence-corrected chi connectivity index (χ2v) is 6.42. The molecule has 0 bridgehead atoms. The number of hydrogen-bond acceptors (Lipinski definition) is 5. The molecule has 0 fully saturated rings. The molecule has 7 nitrogen and oxygen atoms in total. The number of primary sulfonamides is 1. The second kappa shape index (κ2) is 7.59. The largest absolute Gasteiger partial charge is 0.480 e. The Morgan fingerprint density at radius 2 is 1.95 bits per heavy atom. The number of thiocarbonyl (C=S) groups is 1. The van der Waals surface area contributed by atoms with Crippen LogP contribution in [-0.2, 0) is 21.4 Å². The third-order valence-corrected chi connectivity index (χ3v) is 4.05. The summed E-state index contributed by atoms with van der Waals surface area (Å²) in [6, 6.07) is 5.07. The van der Waals surface area contributed by atoms with E-state index in [-0.39, 0.29) is 15.8 Å². The summed E-state index contributed by atoms with van der Waals surface area (Å²) in [6.07, 6.45) is 0. The number of thiol groups is 1. The Hall–Kier alpha value is -1.36. The van der Waals surface area contributed by atoms with E-state index >= 15 is 0 Å². The van der Waals surface area contributed by atoms with Crippen molar-refractivity contribution in [1.82, 2.24) is 10.6 Å². The summed E-state index contributed by atoms with van der Waals surface area (Å²) >= 11 is 8.87. The summed E-state index contributed by atoms with van der Waals surface area (Å²) in [5.41, 5.74) is 0.768. The minimum Gasteiger partial charge on any atom is -0.480 e. The SMILES string of the molecule is NS(=O)(=O)c1ccc(CNC(=S)NC(CS)C(=O)O)cc1. The first-order valence-electron chi connectivity index (χ1n) is 5.74. The average Bonchev–Trinajstić information content (AvgIpc) is 2.41. The molecule has 0 saturated heterocycles. The Bertz CT molecular complexity index is 616. The lowest BCUT2D eigenvalue weighted by molar-refractivity contribution is -0.138. The summed E-state index contributed by atoms with van der Waals surface area (Å²) in [5.74, 6) is -0.952. The van der Waals surface area contributed by atoms with Gasteiger partial charge in [-0.25, -0.2) is 18.4 Å². The third kappa shape index (κ3) is 5.87. The van der Waals surface area contributed by atoms with Crippen LogP contribution in [0.3, 0.4) is 0 Å². The highest BCUT2D eigenvalue weighted by Gasteiger charge is 2.15. The van der Waals surface area contributed by atoms with Gasteiger partial charge in [0, 0.05) is 12.3 Å². The summed E-state index contributed by atoms with van der Waals surface area (Å²) in [5, 5.41) is 19.4. The van der Waals surface area contributed by atoms with E-state index < -0.39 is 22.0 Å². The molecule has 10 heteroatoms. The molecular formula is C11H15N3O4S3. The highest BCUT2D eigenvalue weighted by atomic mass is 32.2. The molecule has 0 amide bonds. The molecule has 1 aromatic carbocycles. The van der Waals surface area contributed by atoms with E-state index in [1.54, 1.807) is 12.1 Å². The van der Waals surface area contributed by atoms with Crippen LogP contribution in [-0.4, -0.2) is 36.4 Å². The molecule has 0 saturated carbocycles. The molecule has 0 spiro atoms. The van der Waals surface area contributed by atoms with Gasteiger partial charge in [0.05, 0.1) is 4.90 Å². The zero-order valence-electron chi connectivity index (χ0n) is 10.8. The van der Waals surface area contributed by atoms with Crippen molar-refractivity contribution in [3.63, 3.8) is 0 Å². The molecule has 1 atom stereocenters. The number of nitrogens with two attached hydrogens (primary N) is 1. The fourth-order valence-corrected chi connectivity index (χ4v) is 2.35. The van der Waals surface area contributed by atoms with Crippen LogP contribution in [0.5, 0.6) is 0 Å². The van der Waals surface area contributed by atoms with Gasteiger partial charge in [0.2, 0.25) is 10.0 Å². The summed E-state index contributed by atoms with van der Waals surface area (Å²) < 4.78 is 22.2. The molecule has 1 unspecified atom stereocenters. The van der Waals surface area contributed by atoms with Crippen molar-refractivity contribution in [3.8, 4) is 0 Å². The highest BCUT2D eigenvalue weighted by Crippen LogP contribution is 2.08. The van der Waals surface area contributed by atoms with Crippen molar-refractivity contribution in [2.45, 2.75) is 17.5 Å². The van der Waals surface area contributed by atoms with Gasteiger partial charge in [0.25, 0.3) is 0 Å². The predicted molar refractivity (Wildman–Crippen MR) is 85.7 cm³/mol. The maximum absolute atomic E-state index is 11.1. The first kappa shape index (κ1) is 17.7. The number of nitrogens with one attached hydrogen (secondary N) is 2. The minimum absolute atomic E-state index is 0.0213. The van der Waals surface area contributed by atoms with E-state index in [4.69, 9.17) is 22.5 Å². The van der Waals surface area contributed by atoms with Gasteiger partial charge in [-0.1, -0.05) is 12.1 Å². The fourth-order valence-electron chi connectivity index (χ4n) is 1.37. The zero-order valence-corrected chi connectivity index (χ0v) is 13.3. The molecule has 1 rings (SSSR count). The molecule has 0 aliphatic carbocycles. The molecule has 1 aromatic rings. The minimum atomic E-state index is -3.71. The maximum atomic E-state index is 11.1. The number of hydrogen-bond donors (Lipinski definition) is 5. The topological polar surface area (TPSA) is 122 Å². The summed E-state index contributed by atoms with van der Waals surface area (Å²) in [6.45, 7) is 0.315. The van der Waals surface area contributed by atoms with Gasteiger partial charge in [-0.15, -0.1) is 0 Å². The van der Waals surface area contributed by atoms with Crippen molar-refractivity contribution >= 4 is 46.0 Å². The van der Waals surface area contributed by atoms with Gasteiger partial charge >= 0.3 is 5.97 Å². The quantitative estimate of drug-likeness (QED) is 0.352. The number of carbonyl (C=O) groups is 1. The number of carboxylic acid groups (broad SMARTS) is 1. The standard InChI is InChI=1S/C11H15N3O4S3/c12-21(17,18)8-3-1-7(2-4-8)5-13-11(20)14-9(6-19)10(15)16/h1-4,9,19H,5-6H2,(H,15,16)(H2,12,17,18)(H2,13,14,20). The Kier molecular flexibility index (Phi) is 6.40. The van der Waals surface area contributed by atoms with Gasteiger partial charge in [0.1, 0.15) is 6.04 Å². The molecule has 0 heterocycles. The first-order valence-corrected chi connectivity index (χ1v) is 8.32. The molecule has 21 heavy (non-hydrogen) atoms. The zero-order chi connectivity index (χ0) is 16.0. The maximum Gasteiger partial charge on any atom is 0.327 e. The monoisotopic (exact) mass is 349 g/mol. The van der Waals surface area contributed by atoms with E-state index in [9.17, 15) is 13.2 Å². The van der Waals surface area contributed by atoms with Crippen LogP contribution in [0, 0.1) is 0 Å². The second-order valence-electron chi connectivity index (χ2n) is 4.09. The third-order valence-electron chi connectivity index (χ3n) is 2.49. The Balaban J connectivity index is 2.56. The van der Waals surface area contributed by atoms with Gasteiger partial charge in [-0.2, -0.15) is 12.6 Å². The molecule has 116 valence electrons. The lowest BCUT2D eigenvalue weighted by Gasteiger charge is -2.15. The number of sulfonamides is 1. The van der Waals surface area contributed by atoms with Gasteiger partial charge in [0.15, 0.2) is 5.11 Å². The normalized spacial score (nSPS) is 12.5. The van der Waals surface area contributed by atoms with Crippen LogP contribution in [0.15, 0.2) is 29.2 Å². The van der Waals surface area contributed by atoms with E-state index in [2.05, 4.69) is 23.3 Å². The summed E-state index contributed by atoms with van der Waals surface area (Å²) in [7, 11) is -3.71. The van der Waals surface area contributed by atoms with Crippen LogP contribution in [0.4, 0.5) is 0 Å². The van der Waals surface area contributed by atoms with E-state index in [0.717, 1.165) is 5.56 Å². The van der Waals surface area contributed by atoms with Crippen molar-refractivity contribution < 1.29 is 18.3 Å². The predicted octanol–water partition coefficient (Wildman–Crippen LogP) is -0.319. The Morgan fingerprint density at radius 3 is 2.38 bits per heavy atom. The average molecular weight is 349 g/mol. The molecule has 0 radical (unpaired) electrons.